The largest absolute Gasteiger partial charge is 0.756 e. The molecule has 0 aromatic carbocycles. The Balaban J connectivity index is 4.53. The number of carbonyl (C=O) groups excluding carboxylic acids is 2. The molecule has 0 aromatic heterocycles. The molecule has 0 bridgehead atoms. The van der Waals surface area contributed by atoms with Crippen molar-refractivity contribution >= 4 is 19.8 Å². The first-order chi connectivity index (χ1) is 27.4. The molecule has 0 rings (SSSR count). The number of likely N-dealkylation sites (N-methyl/N-ethyl adjacent to an activating group) is 1. The highest BCUT2D eigenvalue weighted by atomic mass is 31.2. The van der Waals surface area contributed by atoms with Crippen molar-refractivity contribution in [3.05, 3.63) is 60.8 Å². The first-order valence-corrected chi connectivity index (χ1v) is 23.6. The third-order valence-corrected chi connectivity index (χ3v) is 10.1. The van der Waals surface area contributed by atoms with Crippen LogP contribution in [0.3, 0.4) is 0 Å². The third-order valence-electron chi connectivity index (χ3n) is 9.11. The zero-order valence-electron chi connectivity index (χ0n) is 36.6. The Morgan fingerprint density at radius 2 is 1.19 bits per heavy atom. The van der Waals surface area contributed by atoms with Crippen LogP contribution in [0.5, 0.6) is 0 Å². The summed E-state index contributed by atoms with van der Waals surface area (Å²) in [5.41, 5.74) is 0. The number of hydrogen-bond donors (Lipinski definition) is 1. The minimum atomic E-state index is -4.65. The topological polar surface area (TPSA) is 131 Å². The Labute approximate surface area is 348 Å². The molecule has 0 aromatic rings. The molecule has 57 heavy (non-hydrogen) atoms. The van der Waals surface area contributed by atoms with E-state index in [1.807, 2.05) is 57.6 Å². The summed E-state index contributed by atoms with van der Waals surface area (Å²) >= 11 is 0. The predicted octanol–water partition coefficient (Wildman–Crippen LogP) is 10.8. The quantitative estimate of drug-likeness (QED) is 0.0161. The van der Waals surface area contributed by atoms with Crippen LogP contribution in [0, 0.1) is 0 Å². The highest BCUT2D eigenvalue weighted by Gasteiger charge is 2.21. The maximum absolute atomic E-state index is 12.6. The number of quaternary nitrogens is 1. The SMILES string of the molecule is CCCCCCCC/C=C\CCCCCCCC(=O)OCC(COP(=O)([O-])OCC[N+](C)(C)C)OC(=O)CCC/C=C\C/C=C\C/C=C\C=C\C(O)CCCCC. The number of aliphatic hydroxyl groups is 1. The van der Waals surface area contributed by atoms with E-state index < -0.39 is 32.5 Å². The summed E-state index contributed by atoms with van der Waals surface area (Å²) in [6.45, 7) is 3.99. The third kappa shape index (κ3) is 41.6. The van der Waals surface area contributed by atoms with Crippen LogP contribution in [0.2, 0.25) is 0 Å². The van der Waals surface area contributed by atoms with Crippen molar-refractivity contribution in [1.29, 1.82) is 0 Å². The molecule has 1 N–H and O–H groups in total. The van der Waals surface area contributed by atoms with Gasteiger partial charge in [0, 0.05) is 12.8 Å². The Kier molecular flexibility index (Phi) is 36.4. The maximum atomic E-state index is 12.6. The van der Waals surface area contributed by atoms with Crippen molar-refractivity contribution in [2.75, 3.05) is 47.5 Å². The van der Waals surface area contributed by atoms with Crippen molar-refractivity contribution in [1.82, 2.24) is 0 Å². The number of carbonyl (C=O) groups is 2. The standard InChI is InChI=1S/C46H82NO9P/c1-6-8-10-11-12-13-14-15-16-17-20-23-26-29-33-37-45(49)53-41-44(42-55-57(51,52)54-40-39-47(3,4)5)56-46(50)38-34-30-27-24-21-18-19-22-25-28-32-36-43(48)35-31-9-7-2/h15-16,18-19,24-25,27-28,32,36,43-44,48H,6-14,17,20-23,26,29-31,33-35,37-42H2,1-5H3/b16-15-,19-18-,27-24-,28-25-,36-32+. The van der Waals surface area contributed by atoms with E-state index in [2.05, 4.69) is 38.2 Å². The van der Waals surface area contributed by atoms with Crippen molar-refractivity contribution < 1.29 is 47.2 Å². The maximum Gasteiger partial charge on any atom is 0.306 e. The monoisotopic (exact) mass is 824 g/mol. The molecular weight excluding hydrogens is 741 g/mol. The van der Waals surface area contributed by atoms with Gasteiger partial charge in [-0.05, 0) is 64.2 Å². The van der Waals surface area contributed by atoms with E-state index in [1.54, 1.807) is 0 Å². The highest BCUT2D eigenvalue weighted by Crippen LogP contribution is 2.38. The highest BCUT2D eigenvalue weighted by molar-refractivity contribution is 7.45. The number of phosphoric acid groups is 1. The van der Waals surface area contributed by atoms with Crippen molar-refractivity contribution in [3.8, 4) is 0 Å². The van der Waals surface area contributed by atoms with Crippen LogP contribution >= 0.6 is 7.82 Å². The van der Waals surface area contributed by atoms with Gasteiger partial charge in [-0.15, -0.1) is 0 Å². The number of rotatable bonds is 39. The number of nitrogens with zero attached hydrogens (tertiary/aromatic N) is 1. The molecule has 0 saturated carbocycles. The fourth-order valence-electron chi connectivity index (χ4n) is 5.57. The average molecular weight is 824 g/mol. The number of allylic oxidation sites excluding steroid dienone is 9. The number of ether oxygens (including phenoxy) is 2. The molecule has 11 heteroatoms. The Morgan fingerprint density at radius 3 is 1.86 bits per heavy atom. The number of unbranched alkanes of at least 4 members (excludes halogenated alkanes) is 14. The molecule has 3 atom stereocenters. The van der Waals surface area contributed by atoms with Crippen LogP contribution < -0.4 is 4.89 Å². The lowest BCUT2D eigenvalue weighted by molar-refractivity contribution is -0.870. The van der Waals surface area contributed by atoms with Gasteiger partial charge in [-0.3, -0.25) is 14.2 Å². The van der Waals surface area contributed by atoms with Gasteiger partial charge in [-0.2, -0.15) is 0 Å². The van der Waals surface area contributed by atoms with E-state index in [0.29, 0.717) is 30.3 Å². The van der Waals surface area contributed by atoms with Crippen LogP contribution in [-0.4, -0.2) is 81.2 Å². The molecule has 0 radical (unpaired) electrons. The Hall–Kier alpha value is -2.33. The van der Waals surface area contributed by atoms with E-state index in [4.69, 9.17) is 18.5 Å². The zero-order chi connectivity index (χ0) is 42.3. The molecule has 0 fully saturated rings. The van der Waals surface area contributed by atoms with Crippen molar-refractivity contribution in [2.24, 2.45) is 0 Å². The molecule has 3 unspecified atom stereocenters. The zero-order valence-corrected chi connectivity index (χ0v) is 37.5. The summed E-state index contributed by atoms with van der Waals surface area (Å²) in [4.78, 5) is 37.5. The molecule has 0 saturated heterocycles. The molecule has 0 heterocycles. The van der Waals surface area contributed by atoms with Crippen LogP contribution in [-0.2, 0) is 32.7 Å². The van der Waals surface area contributed by atoms with Gasteiger partial charge in [0.25, 0.3) is 7.82 Å². The van der Waals surface area contributed by atoms with Crippen LogP contribution in [0.25, 0.3) is 0 Å². The summed E-state index contributed by atoms with van der Waals surface area (Å²) in [5, 5.41) is 9.91. The normalized spacial score (nSPS) is 14.7. The van der Waals surface area contributed by atoms with Gasteiger partial charge in [-0.1, -0.05) is 145 Å². The molecule has 330 valence electrons. The van der Waals surface area contributed by atoms with Gasteiger partial charge in [0.1, 0.15) is 19.8 Å². The number of hydrogen-bond acceptors (Lipinski definition) is 9. The van der Waals surface area contributed by atoms with E-state index >= 15 is 0 Å². The lowest BCUT2D eigenvalue weighted by Crippen LogP contribution is -2.37. The van der Waals surface area contributed by atoms with E-state index in [9.17, 15) is 24.2 Å². The lowest BCUT2D eigenvalue weighted by Gasteiger charge is -2.28. The molecular formula is C46H82NO9P. The minimum Gasteiger partial charge on any atom is -0.756 e. The molecule has 0 aliphatic heterocycles. The molecule has 0 aliphatic rings. The van der Waals surface area contributed by atoms with Crippen molar-refractivity contribution in [2.45, 2.75) is 174 Å². The van der Waals surface area contributed by atoms with E-state index in [0.717, 1.165) is 70.6 Å². The van der Waals surface area contributed by atoms with Gasteiger partial charge in [0.15, 0.2) is 6.10 Å². The lowest BCUT2D eigenvalue weighted by atomic mass is 10.1. The summed E-state index contributed by atoms with van der Waals surface area (Å²) in [6, 6.07) is 0. The number of phosphoric ester groups is 1. The van der Waals surface area contributed by atoms with Crippen LogP contribution in [0.15, 0.2) is 60.8 Å². The average Bonchev–Trinajstić information content (AvgIpc) is 3.15. The first kappa shape index (κ1) is 54.7. The van der Waals surface area contributed by atoms with Gasteiger partial charge in [0.05, 0.1) is 33.9 Å². The van der Waals surface area contributed by atoms with Gasteiger partial charge in [0.2, 0.25) is 0 Å². The molecule has 10 nitrogen and oxygen atoms in total. The summed E-state index contributed by atoms with van der Waals surface area (Å²) < 4.78 is 33.8. The van der Waals surface area contributed by atoms with E-state index in [1.165, 1.54) is 44.9 Å². The van der Waals surface area contributed by atoms with Crippen LogP contribution in [0.4, 0.5) is 0 Å². The second kappa shape index (κ2) is 37.9. The summed E-state index contributed by atoms with van der Waals surface area (Å²) in [6.07, 6.45) is 41.5. The molecule has 0 spiro atoms. The second-order valence-electron chi connectivity index (χ2n) is 15.9. The van der Waals surface area contributed by atoms with E-state index in [-0.39, 0.29) is 32.2 Å². The van der Waals surface area contributed by atoms with Crippen LogP contribution in [0.1, 0.15) is 162 Å². The fraction of sp³-hybridized carbons (Fsp3) is 0.739. The van der Waals surface area contributed by atoms with Gasteiger partial charge in [-0.25, -0.2) is 0 Å². The summed E-state index contributed by atoms with van der Waals surface area (Å²) in [7, 11) is 1.09. The Bertz CT molecular complexity index is 1170. The second-order valence-corrected chi connectivity index (χ2v) is 17.3. The molecule has 0 aliphatic carbocycles. The first-order valence-electron chi connectivity index (χ1n) is 22.1. The van der Waals surface area contributed by atoms with Gasteiger partial charge < -0.3 is 33.0 Å². The molecule has 0 amide bonds. The number of aliphatic hydroxyl groups excluding tert-OH is 1. The fourth-order valence-corrected chi connectivity index (χ4v) is 6.30. The van der Waals surface area contributed by atoms with Crippen molar-refractivity contribution in [3.63, 3.8) is 0 Å². The predicted molar refractivity (Wildman–Crippen MR) is 232 cm³/mol. The number of esters is 2. The smallest absolute Gasteiger partial charge is 0.306 e. The Morgan fingerprint density at radius 1 is 0.649 bits per heavy atom. The minimum absolute atomic E-state index is 0.0529. The summed E-state index contributed by atoms with van der Waals surface area (Å²) in [5.74, 6) is -0.940. The van der Waals surface area contributed by atoms with Gasteiger partial charge >= 0.3 is 11.9 Å².